The summed E-state index contributed by atoms with van der Waals surface area (Å²) in [6.45, 7) is 1.63. The van der Waals surface area contributed by atoms with Crippen molar-refractivity contribution in [2.75, 3.05) is 24.5 Å². The molecule has 36 heavy (non-hydrogen) atoms. The number of amides is 1. The molecule has 0 unspecified atom stereocenters. The molecular weight excluding hydrogens is 540 g/mol. The normalized spacial score (nSPS) is 11.4. The Balaban J connectivity index is 1.64. The van der Waals surface area contributed by atoms with Crippen LogP contribution in [0.3, 0.4) is 0 Å². The summed E-state index contributed by atoms with van der Waals surface area (Å²) in [5, 5.41) is 11.7. The molecule has 186 valence electrons. The summed E-state index contributed by atoms with van der Waals surface area (Å²) in [6, 6.07) is 25.1. The molecule has 6 nitrogen and oxygen atoms in total. The van der Waals surface area contributed by atoms with E-state index in [1.165, 1.54) is 4.31 Å². The molecule has 0 bridgehead atoms. The van der Waals surface area contributed by atoms with E-state index in [1.807, 2.05) is 37.3 Å². The number of carbonyl (C=O) groups is 1. The Labute approximate surface area is 220 Å². The molecule has 0 aromatic heterocycles. The molecule has 0 aliphatic heterocycles. The zero-order chi connectivity index (χ0) is 25.9. The van der Waals surface area contributed by atoms with Crippen molar-refractivity contribution in [3.05, 3.63) is 106 Å². The van der Waals surface area contributed by atoms with Gasteiger partial charge in [-0.15, -0.1) is 0 Å². The summed E-state index contributed by atoms with van der Waals surface area (Å²) < 4.78 is 29.2. The van der Waals surface area contributed by atoms with E-state index in [4.69, 9.17) is 0 Å². The highest BCUT2D eigenvalue weighted by Crippen LogP contribution is 2.29. The molecule has 0 atom stereocenters. The number of halogens is 1. The van der Waals surface area contributed by atoms with Gasteiger partial charge in [-0.2, -0.15) is 0 Å². The molecule has 0 aliphatic rings. The van der Waals surface area contributed by atoms with E-state index < -0.39 is 10.0 Å². The fourth-order valence-corrected chi connectivity index (χ4v) is 5.96. The van der Waals surface area contributed by atoms with Crippen molar-refractivity contribution in [2.45, 2.75) is 18.4 Å². The summed E-state index contributed by atoms with van der Waals surface area (Å²) in [5.41, 5.74) is 2.58. The van der Waals surface area contributed by atoms with Gasteiger partial charge >= 0.3 is 0 Å². The third-order valence-electron chi connectivity index (χ3n) is 5.98. The fraction of sp³-hybridized carbons (Fsp3) is 0.179. The number of hydrogen-bond acceptors (Lipinski definition) is 4. The monoisotopic (exact) mass is 566 g/mol. The Bertz CT molecular complexity index is 1500. The van der Waals surface area contributed by atoms with E-state index in [0.717, 1.165) is 20.8 Å². The second kappa shape index (κ2) is 10.8. The van der Waals surface area contributed by atoms with Gasteiger partial charge in [0.25, 0.3) is 15.9 Å². The van der Waals surface area contributed by atoms with Crippen LogP contribution < -0.4 is 4.31 Å². The number of hydrogen-bond donors (Lipinski definition) is 1. The summed E-state index contributed by atoms with van der Waals surface area (Å²) in [7, 11) is -2.24. The van der Waals surface area contributed by atoms with Crippen LogP contribution in [0.2, 0.25) is 0 Å². The van der Waals surface area contributed by atoms with Crippen molar-refractivity contribution in [2.24, 2.45) is 0 Å². The van der Waals surface area contributed by atoms with Crippen LogP contribution in [0.1, 0.15) is 21.5 Å². The zero-order valence-corrected chi connectivity index (χ0v) is 22.5. The summed E-state index contributed by atoms with van der Waals surface area (Å²) in [5.74, 6) is -0.176. The first-order valence-electron chi connectivity index (χ1n) is 11.4. The average Bonchev–Trinajstić information content (AvgIpc) is 2.87. The molecule has 0 heterocycles. The van der Waals surface area contributed by atoms with E-state index in [2.05, 4.69) is 15.9 Å². The Kier molecular flexibility index (Phi) is 7.78. The van der Waals surface area contributed by atoms with Crippen LogP contribution in [0.4, 0.5) is 5.69 Å². The maximum absolute atomic E-state index is 13.5. The van der Waals surface area contributed by atoms with Gasteiger partial charge in [0.15, 0.2) is 0 Å². The van der Waals surface area contributed by atoms with Gasteiger partial charge in [0.1, 0.15) is 0 Å². The summed E-state index contributed by atoms with van der Waals surface area (Å²) in [4.78, 5) is 15.0. The lowest BCUT2D eigenvalue weighted by atomic mass is 10.1. The van der Waals surface area contributed by atoms with Gasteiger partial charge < -0.3 is 10.0 Å². The van der Waals surface area contributed by atoms with Gasteiger partial charge in [0, 0.05) is 23.6 Å². The highest BCUT2D eigenvalue weighted by atomic mass is 79.9. The number of nitrogens with zero attached hydrogens (tertiary/aromatic N) is 2. The minimum absolute atomic E-state index is 0.106. The number of para-hydroxylation sites is 1. The smallest absolute Gasteiger partial charge is 0.264 e. The number of benzene rings is 4. The number of rotatable bonds is 8. The third kappa shape index (κ3) is 5.46. The zero-order valence-electron chi connectivity index (χ0n) is 20.1. The molecule has 8 heteroatoms. The van der Waals surface area contributed by atoms with Gasteiger partial charge in [0.2, 0.25) is 0 Å². The van der Waals surface area contributed by atoms with Crippen molar-refractivity contribution in [1.82, 2.24) is 4.90 Å². The van der Waals surface area contributed by atoms with Gasteiger partial charge in [-0.1, -0.05) is 64.0 Å². The van der Waals surface area contributed by atoms with Gasteiger partial charge in [-0.3, -0.25) is 9.10 Å². The number of sulfonamides is 1. The lowest BCUT2D eigenvalue weighted by Crippen LogP contribution is -2.35. The molecule has 4 aromatic carbocycles. The van der Waals surface area contributed by atoms with E-state index >= 15 is 0 Å². The van der Waals surface area contributed by atoms with Crippen molar-refractivity contribution in [1.29, 1.82) is 0 Å². The molecule has 0 radical (unpaired) electrons. The van der Waals surface area contributed by atoms with Crippen LogP contribution in [-0.2, 0) is 16.6 Å². The van der Waals surface area contributed by atoms with Crippen LogP contribution in [0.15, 0.2) is 94.3 Å². The molecular formula is C28H27BrN2O4S. The van der Waals surface area contributed by atoms with Gasteiger partial charge in [-0.05, 0) is 65.7 Å². The maximum atomic E-state index is 13.5. The second-order valence-corrected chi connectivity index (χ2v) is 11.4. The number of aryl methyl sites for hydroxylation is 1. The standard InChI is InChI=1S/C28H27BrN2O4S/c1-20-7-13-26(14-8-20)36(34,35)31(15-16-32)27-6-4-3-5-24(27)19-30(2)28(33)23-10-9-22-18-25(29)12-11-21(22)17-23/h3-14,17-18,32H,15-16,19H2,1-2H3. The van der Waals surface area contributed by atoms with Gasteiger partial charge in [-0.25, -0.2) is 8.42 Å². The quantitative estimate of drug-likeness (QED) is 0.311. The molecule has 1 amide bonds. The molecule has 1 N–H and O–H groups in total. The van der Waals surface area contributed by atoms with E-state index in [0.29, 0.717) is 16.8 Å². The van der Waals surface area contributed by atoms with E-state index in [1.54, 1.807) is 66.5 Å². The Morgan fingerprint density at radius 1 is 0.917 bits per heavy atom. The molecule has 4 aromatic rings. The molecule has 0 fully saturated rings. The average molecular weight is 568 g/mol. The highest BCUT2D eigenvalue weighted by molar-refractivity contribution is 9.10. The minimum Gasteiger partial charge on any atom is -0.394 e. The summed E-state index contributed by atoms with van der Waals surface area (Å²) >= 11 is 3.46. The van der Waals surface area contributed by atoms with Crippen molar-refractivity contribution in [3.8, 4) is 0 Å². The first-order chi connectivity index (χ1) is 17.2. The number of carbonyl (C=O) groups excluding carboxylic acids is 1. The lowest BCUT2D eigenvalue weighted by Gasteiger charge is -2.27. The minimum atomic E-state index is -3.93. The lowest BCUT2D eigenvalue weighted by molar-refractivity contribution is 0.0785. The van der Waals surface area contributed by atoms with Crippen LogP contribution in [0.5, 0.6) is 0 Å². The van der Waals surface area contributed by atoms with E-state index in [9.17, 15) is 18.3 Å². The fourth-order valence-electron chi connectivity index (χ4n) is 4.08. The van der Waals surface area contributed by atoms with Crippen LogP contribution in [0, 0.1) is 6.92 Å². The molecule has 0 saturated heterocycles. The first-order valence-corrected chi connectivity index (χ1v) is 13.7. The predicted molar refractivity (Wildman–Crippen MR) is 147 cm³/mol. The topological polar surface area (TPSA) is 77.9 Å². The Morgan fingerprint density at radius 3 is 2.31 bits per heavy atom. The van der Waals surface area contributed by atoms with Crippen LogP contribution >= 0.6 is 15.9 Å². The van der Waals surface area contributed by atoms with Crippen molar-refractivity contribution < 1.29 is 18.3 Å². The highest BCUT2D eigenvalue weighted by Gasteiger charge is 2.27. The molecule has 0 spiro atoms. The van der Waals surface area contributed by atoms with Crippen molar-refractivity contribution >= 4 is 48.3 Å². The van der Waals surface area contributed by atoms with E-state index in [-0.39, 0.29) is 30.5 Å². The SMILES string of the molecule is Cc1ccc(S(=O)(=O)N(CCO)c2ccccc2CN(C)C(=O)c2ccc3cc(Br)ccc3c2)cc1. The van der Waals surface area contributed by atoms with Crippen molar-refractivity contribution in [3.63, 3.8) is 0 Å². The van der Waals surface area contributed by atoms with Gasteiger partial charge in [0.05, 0.1) is 23.7 Å². The Morgan fingerprint density at radius 2 is 1.58 bits per heavy atom. The molecule has 0 aliphatic carbocycles. The Hall–Kier alpha value is -3.20. The number of fused-ring (bicyclic) bond motifs is 1. The van der Waals surface area contributed by atoms with Crippen LogP contribution in [0.25, 0.3) is 10.8 Å². The summed E-state index contributed by atoms with van der Waals surface area (Å²) in [6.07, 6.45) is 0. The second-order valence-electron chi connectivity index (χ2n) is 8.61. The first kappa shape index (κ1) is 25.9. The largest absolute Gasteiger partial charge is 0.394 e. The molecule has 4 rings (SSSR count). The number of aliphatic hydroxyl groups excluding tert-OH is 1. The predicted octanol–water partition coefficient (Wildman–Crippen LogP) is 5.37. The van der Waals surface area contributed by atoms with Crippen LogP contribution in [-0.4, -0.2) is 44.5 Å². The third-order valence-corrected chi connectivity index (χ3v) is 8.30. The number of anilines is 1. The molecule has 0 saturated carbocycles. The maximum Gasteiger partial charge on any atom is 0.264 e. The number of aliphatic hydroxyl groups is 1.